The molecule has 0 bridgehead atoms. The Morgan fingerprint density at radius 1 is 1.71 bits per heavy atom. The summed E-state index contributed by atoms with van der Waals surface area (Å²) in [5.74, 6) is 0. The van der Waals surface area contributed by atoms with Gasteiger partial charge in [-0.05, 0) is 6.42 Å². The number of alkyl carbamates (subject to hydrolysis) is 1. The molecule has 1 amide bonds. The molecule has 0 atom stereocenters. The Kier molecular flexibility index (Phi) is 4.99. The SMILES string of the molecule is CCCCOC(=O)NCc1nccs1. The second-order valence-corrected chi connectivity index (χ2v) is 3.75. The highest BCUT2D eigenvalue weighted by atomic mass is 32.1. The first-order chi connectivity index (χ1) is 6.83. The first-order valence-corrected chi connectivity index (χ1v) is 5.50. The van der Waals surface area contributed by atoms with Crippen molar-refractivity contribution in [3.63, 3.8) is 0 Å². The quantitative estimate of drug-likeness (QED) is 0.764. The van der Waals surface area contributed by atoms with Crippen LogP contribution in [0.5, 0.6) is 0 Å². The molecule has 0 saturated heterocycles. The molecule has 0 unspecified atom stereocenters. The van der Waals surface area contributed by atoms with Crippen LogP contribution in [0.2, 0.25) is 0 Å². The molecule has 5 heteroatoms. The van der Waals surface area contributed by atoms with E-state index in [4.69, 9.17) is 4.74 Å². The molecule has 0 fully saturated rings. The summed E-state index contributed by atoms with van der Waals surface area (Å²) in [4.78, 5) is 15.1. The fourth-order valence-electron chi connectivity index (χ4n) is 0.848. The van der Waals surface area contributed by atoms with E-state index >= 15 is 0 Å². The van der Waals surface area contributed by atoms with E-state index in [0.29, 0.717) is 13.2 Å². The molecule has 0 aromatic carbocycles. The van der Waals surface area contributed by atoms with E-state index < -0.39 is 0 Å². The zero-order valence-electron chi connectivity index (χ0n) is 8.16. The first-order valence-electron chi connectivity index (χ1n) is 4.62. The third kappa shape index (κ3) is 4.23. The highest BCUT2D eigenvalue weighted by Crippen LogP contribution is 2.02. The Balaban J connectivity index is 2.09. The van der Waals surface area contributed by atoms with Crippen molar-refractivity contribution in [2.75, 3.05) is 6.61 Å². The predicted octanol–water partition coefficient (Wildman–Crippen LogP) is 2.17. The third-order valence-electron chi connectivity index (χ3n) is 1.60. The lowest BCUT2D eigenvalue weighted by atomic mass is 10.4. The van der Waals surface area contributed by atoms with Gasteiger partial charge < -0.3 is 10.1 Å². The van der Waals surface area contributed by atoms with Gasteiger partial charge in [0.05, 0.1) is 13.2 Å². The van der Waals surface area contributed by atoms with E-state index in [1.807, 2.05) is 5.38 Å². The molecular formula is C9H14N2O2S. The molecule has 0 aliphatic rings. The summed E-state index contributed by atoms with van der Waals surface area (Å²) in [7, 11) is 0. The summed E-state index contributed by atoms with van der Waals surface area (Å²) < 4.78 is 4.91. The van der Waals surface area contributed by atoms with Gasteiger partial charge >= 0.3 is 6.09 Å². The molecule has 0 aliphatic carbocycles. The second kappa shape index (κ2) is 6.37. The molecule has 0 saturated carbocycles. The van der Waals surface area contributed by atoms with Crippen molar-refractivity contribution >= 4 is 17.4 Å². The van der Waals surface area contributed by atoms with Gasteiger partial charge in [0.25, 0.3) is 0 Å². The lowest BCUT2D eigenvalue weighted by molar-refractivity contribution is 0.144. The Morgan fingerprint density at radius 3 is 3.21 bits per heavy atom. The standard InChI is InChI=1S/C9H14N2O2S/c1-2-3-5-13-9(12)11-7-8-10-4-6-14-8/h4,6H,2-3,5,7H2,1H3,(H,11,12). The molecule has 0 radical (unpaired) electrons. The average Bonchev–Trinajstić information content (AvgIpc) is 2.68. The van der Waals surface area contributed by atoms with Crippen molar-refractivity contribution in [3.8, 4) is 0 Å². The monoisotopic (exact) mass is 214 g/mol. The molecule has 14 heavy (non-hydrogen) atoms. The van der Waals surface area contributed by atoms with Gasteiger partial charge in [-0.25, -0.2) is 9.78 Å². The molecule has 1 rings (SSSR count). The van der Waals surface area contributed by atoms with Crippen LogP contribution in [0.4, 0.5) is 4.79 Å². The van der Waals surface area contributed by atoms with Crippen LogP contribution in [0.25, 0.3) is 0 Å². The van der Waals surface area contributed by atoms with Crippen molar-refractivity contribution in [1.82, 2.24) is 10.3 Å². The molecule has 0 spiro atoms. The number of carbonyl (C=O) groups is 1. The fourth-order valence-corrected chi connectivity index (χ4v) is 1.40. The summed E-state index contributed by atoms with van der Waals surface area (Å²) in [6.07, 6.45) is 3.28. The van der Waals surface area contributed by atoms with Gasteiger partial charge in [0.1, 0.15) is 5.01 Å². The Labute approximate surface area is 87.3 Å². The number of amides is 1. The van der Waals surface area contributed by atoms with Gasteiger partial charge in [0.2, 0.25) is 0 Å². The summed E-state index contributed by atoms with van der Waals surface area (Å²) in [5, 5.41) is 5.39. The Morgan fingerprint density at radius 2 is 2.57 bits per heavy atom. The first kappa shape index (κ1) is 11.0. The number of thiazole rings is 1. The molecule has 1 aromatic rings. The maximum Gasteiger partial charge on any atom is 0.407 e. The second-order valence-electron chi connectivity index (χ2n) is 2.77. The van der Waals surface area contributed by atoms with Crippen LogP contribution in [-0.2, 0) is 11.3 Å². The maximum absolute atomic E-state index is 11.1. The predicted molar refractivity (Wildman–Crippen MR) is 55.2 cm³/mol. The number of unbranched alkanes of at least 4 members (excludes halogenated alkanes) is 1. The van der Waals surface area contributed by atoms with E-state index in [-0.39, 0.29) is 6.09 Å². The van der Waals surface area contributed by atoms with Crippen LogP contribution < -0.4 is 5.32 Å². The number of ether oxygens (including phenoxy) is 1. The number of aromatic nitrogens is 1. The van der Waals surface area contributed by atoms with E-state index in [9.17, 15) is 4.79 Å². The minimum absolute atomic E-state index is 0.367. The minimum Gasteiger partial charge on any atom is -0.450 e. The van der Waals surface area contributed by atoms with E-state index in [1.165, 1.54) is 11.3 Å². The maximum atomic E-state index is 11.1. The molecular weight excluding hydrogens is 200 g/mol. The molecule has 1 N–H and O–H groups in total. The van der Waals surface area contributed by atoms with Crippen molar-refractivity contribution in [3.05, 3.63) is 16.6 Å². The van der Waals surface area contributed by atoms with Gasteiger partial charge in [-0.3, -0.25) is 0 Å². The summed E-state index contributed by atoms with van der Waals surface area (Å²) >= 11 is 1.51. The van der Waals surface area contributed by atoms with Gasteiger partial charge in [0.15, 0.2) is 0 Å². The Bertz CT molecular complexity index is 262. The van der Waals surface area contributed by atoms with E-state index in [2.05, 4.69) is 17.2 Å². The normalized spacial score (nSPS) is 9.79. The van der Waals surface area contributed by atoms with E-state index in [0.717, 1.165) is 17.8 Å². The largest absolute Gasteiger partial charge is 0.450 e. The Hall–Kier alpha value is -1.10. The van der Waals surface area contributed by atoms with Gasteiger partial charge in [-0.15, -0.1) is 11.3 Å². The van der Waals surface area contributed by atoms with Crippen molar-refractivity contribution < 1.29 is 9.53 Å². The molecule has 1 heterocycles. The topological polar surface area (TPSA) is 51.2 Å². The van der Waals surface area contributed by atoms with Gasteiger partial charge in [-0.2, -0.15) is 0 Å². The minimum atomic E-state index is -0.367. The molecule has 1 aromatic heterocycles. The zero-order valence-corrected chi connectivity index (χ0v) is 8.97. The van der Waals surface area contributed by atoms with Gasteiger partial charge in [-0.1, -0.05) is 13.3 Å². The zero-order chi connectivity index (χ0) is 10.2. The lowest BCUT2D eigenvalue weighted by Gasteiger charge is -2.04. The van der Waals surface area contributed by atoms with Crippen molar-refractivity contribution in [1.29, 1.82) is 0 Å². The van der Waals surface area contributed by atoms with Crippen LogP contribution in [0.15, 0.2) is 11.6 Å². The smallest absolute Gasteiger partial charge is 0.407 e. The van der Waals surface area contributed by atoms with Crippen molar-refractivity contribution in [2.24, 2.45) is 0 Å². The summed E-state index contributed by atoms with van der Waals surface area (Å²) in [6, 6.07) is 0. The van der Waals surface area contributed by atoms with Crippen LogP contribution >= 0.6 is 11.3 Å². The highest BCUT2D eigenvalue weighted by molar-refractivity contribution is 7.09. The molecule has 4 nitrogen and oxygen atoms in total. The summed E-state index contributed by atoms with van der Waals surface area (Å²) in [5.41, 5.74) is 0. The van der Waals surface area contributed by atoms with Crippen LogP contribution in [0, 0.1) is 0 Å². The number of rotatable bonds is 5. The van der Waals surface area contributed by atoms with Crippen molar-refractivity contribution in [2.45, 2.75) is 26.3 Å². The van der Waals surface area contributed by atoms with E-state index in [1.54, 1.807) is 6.20 Å². The lowest BCUT2D eigenvalue weighted by Crippen LogP contribution is -2.23. The average molecular weight is 214 g/mol. The van der Waals surface area contributed by atoms with Crippen LogP contribution in [0.1, 0.15) is 24.8 Å². The van der Waals surface area contributed by atoms with Crippen LogP contribution in [0.3, 0.4) is 0 Å². The molecule has 0 aliphatic heterocycles. The number of hydrogen-bond acceptors (Lipinski definition) is 4. The van der Waals surface area contributed by atoms with Gasteiger partial charge in [0, 0.05) is 11.6 Å². The highest BCUT2D eigenvalue weighted by Gasteiger charge is 2.01. The number of nitrogens with one attached hydrogen (secondary N) is 1. The molecule has 78 valence electrons. The number of nitrogens with zero attached hydrogens (tertiary/aromatic N) is 1. The van der Waals surface area contributed by atoms with Crippen LogP contribution in [-0.4, -0.2) is 17.7 Å². The summed E-state index contributed by atoms with van der Waals surface area (Å²) in [6.45, 7) is 2.99. The number of hydrogen-bond donors (Lipinski definition) is 1. The fraction of sp³-hybridized carbons (Fsp3) is 0.556. The third-order valence-corrected chi connectivity index (χ3v) is 2.38. The number of carbonyl (C=O) groups excluding carboxylic acids is 1.